The molecule has 0 N–H and O–H groups in total. The summed E-state index contributed by atoms with van der Waals surface area (Å²) in [6.07, 6.45) is 4.27. The van der Waals surface area contributed by atoms with Gasteiger partial charge in [-0.15, -0.1) is 0 Å². The minimum absolute atomic E-state index is 0.0159. The third kappa shape index (κ3) is 6.43. The number of rotatable bonds is 5. The Bertz CT molecular complexity index is 724. The summed E-state index contributed by atoms with van der Waals surface area (Å²) in [6, 6.07) is 7.68. The second-order valence-corrected chi connectivity index (χ2v) is 8.53. The molecule has 0 saturated carbocycles. The maximum atomic E-state index is 12.9. The number of allylic oxidation sites excluding steroid dienone is 1. The zero-order chi connectivity index (χ0) is 22.3. The van der Waals surface area contributed by atoms with Crippen molar-refractivity contribution in [3.05, 3.63) is 42.0 Å². The summed E-state index contributed by atoms with van der Waals surface area (Å²) in [5, 5.41) is 0. The van der Waals surface area contributed by atoms with Gasteiger partial charge in [0.25, 0.3) is 0 Å². The average molecular weight is 417 g/mol. The van der Waals surface area contributed by atoms with Gasteiger partial charge in [0.15, 0.2) is 5.78 Å². The highest BCUT2D eigenvalue weighted by Gasteiger charge is 2.34. The predicted molar refractivity (Wildman–Crippen MR) is 117 cm³/mol. The quantitative estimate of drug-likeness (QED) is 0.634. The summed E-state index contributed by atoms with van der Waals surface area (Å²) < 4.78 is 17.3. The number of esters is 1. The van der Waals surface area contributed by atoms with Crippen LogP contribution < -0.4 is 4.74 Å². The third-order valence-electron chi connectivity index (χ3n) is 6.06. The molecule has 0 unspecified atom stereocenters. The van der Waals surface area contributed by atoms with Crippen LogP contribution >= 0.6 is 0 Å². The summed E-state index contributed by atoms with van der Waals surface area (Å²) in [5.74, 6) is 0.108. The highest BCUT2D eigenvalue weighted by atomic mass is 16.5. The molecule has 0 saturated heterocycles. The largest absolute Gasteiger partial charge is 0.497 e. The van der Waals surface area contributed by atoms with Gasteiger partial charge in [-0.3, -0.25) is 9.59 Å². The number of benzene rings is 1. The van der Waals surface area contributed by atoms with Crippen molar-refractivity contribution < 1.29 is 23.8 Å². The Labute approximate surface area is 180 Å². The van der Waals surface area contributed by atoms with Crippen LogP contribution in [-0.2, 0) is 25.7 Å². The Balaban J connectivity index is 2.23. The Morgan fingerprint density at radius 2 is 1.73 bits per heavy atom. The molecule has 1 aromatic carbocycles. The molecule has 0 spiro atoms. The molecule has 6 atom stereocenters. The Kier molecular flexibility index (Phi) is 9.09. The van der Waals surface area contributed by atoms with Gasteiger partial charge < -0.3 is 14.2 Å². The van der Waals surface area contributed by atoms with Crippen LogP contribution in [0.3, 0.4) is 0 Å². The first-order valence-electron chi connectivity index (χ1n) is 10.9. The van der Waals surface area contributed by atoms with Crippen LogP contribution in [0.4, 0.5) is 0 Å². The zero-order valence-electron chi connectivity index (χ0n) is 19.1. The first kappa shape index (κ1) is 24.1. The molecule has 1 aliphatic rings. The van der Waals surface area contributed by atoms with E-state index >= 15 is 0 Å². The number of carbonyl (C=O) groups is 2. The number of carbonyl (C=O) groups excluding carboxylic acids is 2. The fraction of sp³-hybridized carbons (Fsp3) is 0.600. The van der Waals surface area contributed by atoms with Crippen molar-refractivity contribution >= 4 is 11.8 Å². The lowest BCUT2D eigenvalue weighted by atomic mass is 9.84. The molecular formula is C25H36O5. The molecule has 30 heavy (non-hydrogen) atoms. The number of ether oxygens (including phenoxy) is 3. The fourth-order valence-corrected chi connectivity index (χ4v) is 4.01. The van der Waals surface area contributed by atoms with Crippen LogP contribution in [0, 0.1) is 23.7 Å². The minimum atomic E-state index is -0.426. The van der Waals surface area contributed by atoms with Crippen LogP contribution in [-0.4, -0.2) is 31.1 Å². The van der Waals surface area contributed by atoms with E-state index in [0.717, 1.165) is 11.3 Å². The lowest BCUT2D eigenvalue weighted by molar-refractivity contribution is -0.163. The van der Waals surface area contributed by atoms with Gasteiger partial charge in [-0.25, -0.2) is 0 Å². The Hall–Kier alpha value is -2.14. The lowest BCUT2D eigenvalue weighted by Crippen LogP contribution is -2.38. The number of hydrogen-bond donors (Lipinski definition) is 0. The van der Waals surface area contributed by atoms with Crippen molar-refractivity contribution in [1.29, 1.82) is 0 Å². The standard InChI is InChI=1S/C25H36O5/c1-7-23-16(2)8-13-22(26)17(3)14-18(4)24(19(5)25(27)30-23)29-15-20-9-11-21(28-6)12-10-20/h8-13,16-19,23-24H,7,14-15H2,1-6H3/b13-8+/t16-,17-,18+,19-,23-,24+/m1/s1. The molecule has 5 nitrogen and oxygen atoms in total. The fourth-order valence-electron chi connectivity index (χ4n) is 4.01. The topological polar surface area (TPSA) is 61.8 Å². The van der Waals surface area contributed by atoms with Gasteiger partial charge in [-0.05, 0) is 49.5 Å². The molecule has 0 fully saturated rings. The van der Waals surface area contributed by atoms with Crippen LogP contribution in [0.1, 0.15) is 53.0 Å². The third-order valence-corrected chi connectivity index (χ3v) is 6.06. The summed E-state index contributed by atoms with van der Waals surface area (Å²) in [5.41, 5.74) is 1.00. The van der Waals surface area contributed by atoms with Gasteiger partial charge in [0.05, 0.1) is 25.7 Å². The summed E-state index contributed by atoms with van der Waals surface area (Å²) in [4.78, 5) is 25.5. The van der Waals surface area contributed by atoms with Crippen LogP contribution in [0.2, 0.25) is 0 Å². The zero-order valence-corrected chi connectivity index (χ0v) is 19.1. The van der Waals surface area contributed by atoms with E-state index in [1.807, 2.05) is 65.0 Å². The van der Waals surface area contributed by atoms with E-state index in [-0.39, 0.29) is 41.7 Å². The lowest BCUT2D eigenvalue weighted by Gasteiger charge is -2.32. The molecule has 1 aliphatic heterocycles. The average Bonchev–Trinajstić information content (AvgIpc) is 2.74. The first-order chi connectivity index (χ1) is 14.3. The van der Waals surface area contributed by atoms with E-state index < -0.39 is 5.92 Å². The molecule has 5 heteroatoms. The number of hydrogen-bond acceptors (Lipinski definition) is 5. The molecule has 0 aromatic heterocycles. The Morgan fingerprint density at radius 3 is 2.33 bits per heavy atom. The van der Waals surface area contributed by atoms with E-state index in [1.165, 1.54) is 0 Å². The maximum absolute atomic E-state index is 12.9. The molecule has 1 heterocycles. The van der Waals surface area contributed by atoms with Gasteiger partial charge >= 0.3 is 5.97 Å². The predicted octanol–water partition coefficient (Wildman–Crippen LogP) is 4.98. The summed E-state index contributed by atoms with van der Waals surface area (Å²) in [6.45, 7) is 10.2. The van der Waals surface area contributed by atoms with Crippen LogP contribution in [0.15, 0.2) is 36.4 Å². The van der Waals surface area contributed by atoms with Gasteiger partial charge in [0, 0.05) is 11.8 Å². The summed E-state index contributed by atoms with van der Waals surface area (Å²) >= 11 is 0. The molecule has 166 valence electrons. The van der Waals surface area contributed by atoms with Crippen molar-refractivity contribution in [2.75, 3.05) is 7.11 Å². The number of ketones is 1. The Morgan fingerprint density at radius 1 is 1.07 bits per heavy atom. The van der Waals surface area contributed by atoms with E-state index in [2.05, 4.69) is 0 Å². The van der Waals surface area contributed by atoms with Gasteiger partial charge in [0.1, 0.15) is 11.9 Å². The van der Waals surface area contributed by atoms with Gasteiger partial charge in [-0.2, -0.15) is 0 Å². The molecule has 0 radical (unpaired) electrons. The molecule has 2 rings (SSSR count). The van der Waals surface area contributed by atoms with Crippen molar-refractivity contribution in [2.45, 2.75) is 66.3 Å². The summed E-state index contributed by atoms with van der Waals surface area (Å²) in [7, 11) is 1.63. The smallest absolute Gasteiger partial charge is 0.311 e. The number of cyclic esters (lactones) is 1. The normalized spacial score (nSPS) is 31.9. The van der Waals surface area contributed by atoms with Crippen LogP contribution in [0.25, 0.3) is 0 Å². The van der Waals surface area contributed by atoms with E-state index in [1.54, 1.807) is 13.2 Å². The second-order valence-electron chi connectivity index (χ2n) is 8.53. The van der Waals surface area contributed by atoms with Crippen molar-refractivity contribution in [3.63, 3.8) is 0 Å². The molecular weight excluding hydrogens is 380 g/mol. The molecule has 0 bridgehead atoms. The van der Waals surface area contributed by atoms with E-state index in [9.17, 15) is 9.59 Å². The van der Waals surface area contributed by atoms with Gasteiger partial charge in [0.2, 0.25) is 0 Å². The van der Waals surface area contributed by atoms with Crippen molar-refractivity contribution in [1.82, 2.24) is 0 Å². The maximum Gasteiger partial charge on any atom is 0.311 e. The molecule has 1 aromatic rings. The van der Waals surface area contributed by atoms with E-state index in [4.69, 9.17) is 14.2 Å². The van der Waals surface area contributed by atoms with Crippen molar-refractivity contribution in [3.8, 4) is 5.75 Å². The molecule has 0 aliphatic carbocycles. The van der Waals surface area contributed by atoms with Crippen LogP contribution in [0.5, 0.6) is 5.75 Å². The highest BCUT2D eigenvalue weighted by molar-refractivity contribution is 5.91. The SMILES string of the molecule is CC[C@H]1OC(=O)[C@H](C)[C@@H](OCc2ccc(OC)cc2)[C@@H](C)C[C@@H](C)C(=O)/C=C/[C@H]1C. The highest BCUT2D eigenvalue weighted by Crippen LogP contribution is 2.28. The first-order valence-corrected chi connectivity index (χ1v) is 10.9. The monoisotopic (exact) mass is 416 g/mol. The molecule has 0 amide bonds. The second kappa shape index (κ2) is 11.3. The van der Waals surface area contributed by atoms with Gasteiger partial charge in [-0.1, -0.05) is 45.9 Å². The number of methoxy groups -OCH3 is 1. The minimum Gasteiger partial charge on any atom is -0.497 e. The van der Waals surface area contributed by atoms with Crippen molar-refractivity contribution in [2.24, 2.45) is 23.7 Å². The van der Waals surface area contributed by atoms with E-state index in [0.29, 0.717) is 19.4 Å².